The number of nitrogens with zero attached hydrogens (tertiary/aromatic N) is 1. The maximum atomic E-state index is 12.7. The van der Waals surface area contributed by atoms with E-state index >= 15 is 0 Å². The van der Waals surface area contributed by atoms with Gasteiger partial charge in [-0.1, -0.05) is 13.8 Å². The van der Waals surface area contributed by atoms with Crippen LogP contribution in [-0.4, -0.2) is 48.7 Å². The van der Waals surface area contributed by atoms with Crippen LogP contribution in [0.4, 0.5) is 0 Å². The van der Waals surface area contributed by atoms with Gasteiger partial charge in [-0.05, 0) is 37.0 Å². The van der Waals surface area contributed by atoms with E-state index in [1.165, 1.54) is 7.11 Å². The largest absolute Gasteiger partial charge is 0.493 e. The first kappa shape index (κ1) is 18.1. The van der Waals surface area contributed by atoms with Crippen LogP contribution in [0.5, 0.6) is 11.5 Å². The third-order valence-electron chi connectivity index (χ3n) is 4.04. The zero-order chi connectivity index (χ0) is 17.7. The van der Waals surface area contributed by atoms with Crippen molar-refractivity contribution in [1.29, 1.82) is 0 Å². The predicted octanol–water partition coefficient (Wildman–Crippen LogP) is 2.67. The van der Waals surface area contributed by atoms with Gasteiger partial charge in [0, 0.05) is 18.7 Å². The standard InChI is InChI=1S/C18H25NO5/c1-12(2)11-24-15-7-6-13(9-16(15)23-3)17(20)19-8-4-5-14(10-19)18(21)22/h6-7,9,12,14H,4-5,8,10-11H2,1-3H3,(H,21,22)/t14-/m0/s1. The Bertz CT molecular complexity index is 599. The molecule has 2 rings (SSSR count). The lowest BCUT2D eigenvalue weighted by Gasteiger charge is -2.30. The van der Waals surface area contributed by atoms with Crippen LogP contribution in [0.25, 0.3) is 0 Å². The normalized spacial score (nSPS) is 17.7. The molecule has 1 aromatic rings. The Hall–Kier alpha value is -2.24. The summed E-state index contributed by atoms with van der Waals surface area (Å²) in [6.45, 7) is 5.51. The van der Waals surface area contributed by atoms with E-state index in [9.17, 15) is 9.59 Å². The molecule has 132 valence electrons. The molecule has 1 aliphatic heterocycles. The van der Waals surface area contributed by atoms with Crippen molar-refractivity contribution in [3.05, 3.63) is 23.8 Å². The molecule has 0 aliphatic carbocycles. The minimum absolute atomic E-state index is 0.172. The van der Waals surface area contributed by atoms with Crippen molar-refractivity contribution in [2.24, 2.45) is 11.8 Å². The van der Waals surface area contributed by atoms with E-state index in [1.807, 2.05) is 0 Å². The third-order valence-corrected chi connectivity index (χ3v) is 4.04. The maximum Gasteiger partial charge on any atom is 0.308 e. The van der Waals surface area contributed by atoms with Crippen LogP contribution in [0, 0.1) is 11.8 Å². The van der Waals surface area contributed by atoms with Crippen molar-refractivity contribution in [2.45, 2.75) is 26.7 Å². The van der Waals surface area contributed by atoms with Gasteiger partial charge in [-0.15, -0.1) is 0 Å². The number of amides is 1. The number of carboxylic acids is 1. The number of hydrogen-bond donors (Lipinski definition) is 1. The van der Waals surface area contributed by atoms with Crippen molar-refractivity contribution >= 4 is 11.9 Å². The number of ether oxygens (including phenoxy) is 2. The van der Waals surface area contributed by atoms with Crippen LogP contribution in [0.3, 0.4) is 0 Å². The van der Waals surface area contributed by atoms with Crippen LogP contribution in [0.1, 0.15) is 37.0 Å². The summed E-state index contributed by atoms with van der Waals surface area (Å²) >= 11 is 0. The molecular formula is C18H25NO5. The molecule has 0 spiro atoms. The van der Waals surface area contributed by atoms with Gasteiger partial charge in [0.1, 0.15) is 0 Å². The van der Waals surface area contributed by atoms with Crippen molar-refractivity contribution in [1.82, 2.24) is 4.90 Å². The first-order valence-corrected chi connectivity index (χ1v) is 8.25. The van der Waals surface area contributed by atoms with E-state index in [-0.39, 0.29) is 12.5 Å². The number of likely N-dealkylation sites (tertiary alicyclic amines) is 1. The summed E-state index contributed by atoms with van der Waals surface area (Å²) in [5.74, 6) is -0.00849. The Morgan fingerprint density at radius 1 is 1.33 bits per heavy atom. The summed E-state index contributed by atoms with van der Waals surface area (Å²) < 4.78 is 11.0. The van der Waals surface area contributed by atoms with Gasteiger partial charge in [-0.25, -0.2) is 0 Å². The van der Waals surface area contributed by atoms with Crippen molar-refractivity contribution in [2.75, 3.05) is 26.8 Å². The molecule has 1 N–H and O–H groups in total. The summed E-state index contributed by atoms with van der Waals surface area (Å²) in [5.41, 5.74) is 0.481. The maximum absolute atomic E-state index is 12.7. The van der Waals surface area contributed by atoms with E-state index in [0.717, 1.165) is 0 Å². The molecule has 1 saturated heterocycles. The first-order chi connectivity index (χ1) is 11.4. The highest BCUT2D eigenvalue weighted by Gasteiger charge is 2.29. The number of carbonyl (C=O) groups is 2. The second-order valence-corrected chi connectivity index (χ2v) is 6.50. The number of carbonyl (C=O) groups excluding carboxylic acids is 1. The van der Waals surface area contributed by atoms with Crippen molar-refractivity contribution in [3.8, 4) is 11.5 Å². The minimum atomic E-state index is -0.845. The molecule has 6 heteroatoms. The molecule has 0 bridgehead atoms. The topological polar surface area (TPSA) is 76.1 Å². The van der Waals surface area contributed by atoms with Crippen LogP contribution < -0.4 is 9.47 Å². The summed E-state index contributed by atoms with van der Waals surface area (Å²) in [4.78, 5) is 25.4. The molecule has 0 aromatic heterocycles. The lowest BCUT2D eigenvalue weighted by molar-refractivity contribution is -0.143. The van der Waals surface area contributed by atoms with Crippen molar-refractivity contribution < 1.29 is 24.2 Å². The molecular weight excluding hydrogens is 310 g/mol. The van der Waals surface area contributed by atoms with E-state index in [2.05, 4.69) is 13.8 Å². The van der Waals surface area contributed by atoms with Gasteiger partial charge in [0.2, 0.25) is 0 Å². The lowest BCUT2D eigenvalue weighted by Crippen LogP contribution is -2.42. The Morgan fingerprint density at radius 2 is 2.08 bits per heavy atom. The molecule has 1 aliphatic rings. The predicted molar refractivity (Wildman–Crippen MR) is 89.6 cm³/mol. The molecule has 0 saturated carbocycles. The number of methoxy groups -OCH3 is 1. The van der Waals surface area contributed by atoms with Gasteiger partial charge < -0.3 is 19.5 Å². The van der Waals surface area contributed by atoms with Crippen LogP contribution >= 0.6 is 0 Å². The molecule has 1 amide bonds. The Kier molecular flexibility index (Phi) is 6.06. The van der Waals surface area contributed by atoms with E-state index < -0.39 is 11.9 Å². The highest BCUT2D eigenvalue weighted by molar-refractivity contribution is 5.95. The molecule has 0 radical (unpaired) electrons. The fourth-order valence-electron chi connectivity index (χ4n) is 2.72. The average molecular weight is 335 g/mol. The van der Waals surface area contributed by atoms with Gasteiger partial charge >= 0.3 is 5.97 Å². The summed E-state index contributed by atoms with van der Waals surface area (Å²) in [5, 5.41) is 9.16. The van der Waals surface area contributed by atoms with Gasteiger partial charge in [0.15, 0.2) is 11.5 Å². The molecule has 1 fully saturated rings. The highest BCUT2D eigenvalue weighted by Crippen LogP contribution is 2.29. The summed E-state index contributed by atoms with van der Waals surface area (Å²) in [6.07, 6.45) is 1.32. The Labute approximate surface area is 142 Å². The van der Waals surface area contributed by atoms with Gasteiger partial charge in [-0.3, -0.25) is 9.59 Å². The minimum Gasteiger partial charge on any atom is -0.493 e. The first-order valence-electron chi connectivity index (χ1n) is 8.25. The van der Waals surface area contributed by atoms with E-state index in [1.54, 1.807) is 23.1 Å². The molecule has 6 nitrogen and oxygen atoms in total. The van der Waals surface area contributed by atoms with E-state index in [0.29, 0.717) is 49.0 Å². The lowest BCUT2D eigenvalue weighted by atomic mass is 9.97. The van der Waals surface area contributed by atoms with Crippen LogP contribution in [-0.2, 0) is 4.79 Å². The molecule has 1 aromatic carbocycles. The molecule has 1 atom stereocenters. The summed E-state index contributed by atoms with van der Waals surface area (Å²) in [6, 6.07) is 5.08. The molecule has 1 heterocycles. The Morgan fingerprint density at radius 3 is 2.71 bits per heavy atom. The Balaban J connectivity index is 2.13. The second kappa shape index (κ2) is 8.04. The van der Waals surface area contributed by atoms with Gasteiger partial charge in [0.05, 0.1) is 19.6 Å². The fraction of sp³-hybridized carbons (Fsp3) is 0.556. The molecule has 0 unspecified atom stereocenters. The quantitative estimate of drug-likeness (QED) is 0.865. The fourth-order valence-corrected chi connectivity index (χ4v) is 2.72. The zero-order valence-corrected chi connectivity index (χ0v) is 14.4. The zero-order valence-electron chi connectivity index (χ0n) is 14.4. The number of carboxylic acid groups (broad SMARTS) is 1. The third kappa shape index (κ3) is 4.40. The monoisotopic (exact) mass is 335 g/mol. The number of rotatable bonds is 6. The van der Waals surface area contributed by atoms with Crippen molar-refractivity contribution in [3.63, 3.8) is 0 Å². The van der Waals surface area contributed by atoms with Gasteiger partial charge in [-0.2, -0.15) is 0 Å². The summed E-state index contributed by atoms with van der Waals surface area (Å²) in [7, 11) is 1.53. The number of hydrogen-bond acceptors (Lipinski definition) is 4. The van der Waals surface area contributed by atoms with Crippen LogP contribution in [0.2, 0.25) is 0 Å². The number of piperidine rings is 1. The molecule has 24 heavy (non-hydrogen) atoms. The number of aliphatic carboxylic acids is 1. The highest BCUT2D eigenvalue weighted by atomic mass is 16.5. The second-order valence-electron chi connectivity index (χ2n) is 6.50. The van der Waals surface area contributed by atoms with Gasteiger partial charge in [0.25, 0.3) is 5.91 Å². The van der Waals surface area contributed by atoms with E-state index in [4.69, 9.17) is 14.6 Å². The smallest absolute Gasteiger partial charge is 0.308 e. The average Bonchev–Trinajstić information content (AvgIpc) is 2.59. The van der Waals surface area contributed by atoms with Crippen LogP contribution in [0.15, 0.2) is 18.2 Å². The SMILES string of the molecule is COc1cc(C(=O)N2CCC[C@H](C(=O)O)C2)ccc1OCC(C)C. The number of benzene rings is 1.